The Balaban J connectivity index is 1.50. The third-order valence-corrected chi connectivity index (χ3v) is 5.53. The van der Waals surface area contributed by atoms with Gasteiger partial charge in [0.2, 0.25) is 0 Å². The van der Waals surface area contributed by atoms with E-state index in [1.165, 1.54) is 12.4 Å². The number of benzene rings is 2. The fraction of sp³-hybridized carbons (Fsp3) is 0.261. The van der Waals surface area contributed by atoms with E-state index in [0.29, 0.717) is 35.7 Å². The zero-order chi connectivity index (χ0) is 21.3. The molecule has 154 valence electrons. The first-order valence-electron chi connectivity index (χ1n) is 9.91. The molecule has 4 rings (SSSR count). The van der Waals surface area contributed by atoms with Gasteiger partial charge in [-0.3, -0.25) is 14.5 Å². The van der Waals surface area contributed by atoms with E-state index in [0.717, 1.165) is 22.4 Å². The SMILES string of the molecule is COc1cc(-c2ccccc2)ccc1[NH2+]C(=O)CN1CCCC2=C1C(=O)N(C)C2=O. The summed E-state index contributed by atoms with van der Waals surface area (Å²) in [6, 6.07) is 15.7. The molecule has 30 heavy (non-hydrogen) atoms. The maximum absolute atomic E-state index is 12.8. The zero-order valence-corrected chi connectivity index (χ0v) is 17.1. The van der Waals surface area contributed by atoms with Crippen LogP contribution in [0.25, 0.3) is 11.1 Å². The largest absolute Gasteiger partial charge is 0.491 e. The summed E-state index contributed by atoms with van der Waals surface area (Å²) in [4.78, 5) is 40.3. The van der Waals surface area contributed by atoms with Crippen molar-refractivity contribution in [3.63, 3.8) is 0 Å². The standard InChI is InChI=1S/C23H23N3O4/c1-25-22(28)17-9-6-12-26(21(17)23(25)29)14-20(27)24-18-11-10-16(13-19(18)30-2)15-7-4-3-5-8-15/h3-5,7-8,10-11,13H,6,9,12,14H2,1-2H3,(H,24,27)/p+1. The van der Waals surface area contributed by atoms with Crippen LogP contribution in [0.2, 0.25) is 0 Å². The van der Waals surface area contributed by atoms with Gasteiger partial charge in [-0.2, -0.15) is 0 Å². The molecule has 0 fully saturated rings. The molecule has 7 heteroatoms. The lowest BCUT2D eigenvalue weighted by Crippen LogP contribution is -2.84. The van der Waals surface area contributed by atoms with E-state index >= 15 is 0 Å². The Bertz CT molecular complexity index is 1050. The molecule has 0 unspecified atom stereocenters. The Morgan fingerprint density at radius 2 is 1.83 bits per heavy atom. The first-order valence-corrected chi connectivity index (χ1v) is 9.91. The Kier molecular flexibility index (Phi) is 5.37. The van der Waals surface area contributed by atoms with Crippen LogP contribution in [0.5, 0.6) is 5.75 Å². The van der Waals surface area contributed by atoms with Crippen molar-refractivity contribution in [2.75, 3.05) is 27.2 Å². The van der Waals surface area contributed by atoms with Crippen LogP contribution in [0.3, 0.4) is 0 Å². The van der Waals surface area contributed by atoms with Crippen molar-refractivity contribution in [1.82, 2.24) is 9.80 Å². The molecule has 2 heterocycles. The number of rotatable bonds is 5. The van der Waals surface area contributed by atoms with E-state index in [1.54, 1.807) is 12.0 Å². The molecule has 0 saturated carbocycles. The fourth-order valence-corrected chi connectivity index (χ4v) is 4.00. The molecule has 2 N–H and O–H groups in total. The molecule has 0 atom stereocenters. The molecule has 0 aromatic heterocycles. The first-order chi connectivity index (χ1) is 14.5. The van der Waals surface area contributed by atoms with Crippen molar-refractivity contribution in [2.24, 2.45) is 0 Å². The van der Waals surface area contributed by atoms with E-state index in [2.05, 4.69) is 0 Å². The van der Waals surface area contributed by atoms with Crippen LogP contribution in [-0.4, -0.2) is 54.8 Å². The Hall–Kier alpha value is -3.45. The quantitative estimate of drug-likeness (QED) is 0.600. The molecular formula is C23H24N3O4+. The highest BCUT2D eigenvalue weighted by atomic mass is 16.5. The normalized spacial score (nSPS) is 16.2. The summed E-state index contributed by atoms with van der Waals surface area (Å²) in [5, 5.41) is 1.54. The Morgan fingerprint density at radius 3 is 2.57 bits per heavy atom. The van der Waals surface area contributed by atoms with Crippen LogP contribution in [-0.2, 0) is 14.4 Å². The third kappa shape index (κ3) is 3.59. The number of ether oxygens (including phenoxy) is 1. The van der Waals surface area contributed by atoms with E-state index in [4.69, 9.17) is 4.74 Å². The van der Waals surface area contributed by atoms with Crippen molar-refractivity contribution in [3.05, 3.63) is 59.8 Å². The van der Waals surface area contributed by atoms with E-state index in [1.807, 2.05) is 48.5 Å². The number of hydrogen-bond donors (Lipinski definition) is 1. The molecule has 0 aliphatic carbocycles. The van der Waals surface area contributed by atoms with Crippen molar-refractivity contribution in [2.45, 2.75) is 12.8 Å². The van der Waals surface area contributed by atoms with Gasteiger partial charge < -0.3 is 9.64 Å². The molecule has 2 aliphatic rings. The van der Waals surface area contributed by atoms with Gasteiger partial charge in [-0.15, -0.1) is 0 Å². The molecular weight excluding hydrogens is 382 g/mol. The molecule has 0 saturated heterocycles. The zero-order valence-electron chi connectivity index (χ0n) is 17.1. The van der Waals surface area contributed by atoms with Gasteiger partial charge >= 0.3 is 5.91 Å². The molecule has 0 bridgehead atoms. The summed E-state index contributed by atoms with van der Waals surface area (Å²) in [7, 11) is 3.06. The van der Waals surface area contributed by atoms with E-state index < -0.39 is 0 Å². The second-order valence-corrected chi connectivity index (χ2v) is 7.45. The van der Waals surface area contributed by atoms with Gasteiger partial charge in [0.25, 0.3) is 11.8 Å². The fourth-order valence-electron chi connectivity index (χ4n) is 4.00. The van der Waals surface area contributed by atoms with Crippen LogP contribution >= 0.6 is 0 Å². The Labute approximate surface area is 174 Å². The molecule has 2 aromatic carbocycles. The van der Waals surface area contributed by atoms with Crippen molar-refractivity contribution in [1.29, 1.82) is 0 Å². The van der Waals surface area contributed by atoms with Crippen LogP contribution in [0.15, 0.2) is 59.8 Å². The number of primary amides is 1. The number of carbonyl (C=O) groups is 3. The number of carbonyl (C=O) groups excluding carboxylic acids is 3. The molecule has 0 spiro atoms. The third-order valence-electron chi connectivity index (χ3n) is 5.53. The number of amides is 3. The smallest absolute Gasteiger partial charge is 0.334 e. The van der Waals surface area contributed by atoms with Gasteiger partial charge in [0.1, 0.15) is 12.2 Å². The maximum atomic E-state index is 12.8. The van der Waals surface area contributed by atoms with Gasteiger partial charge in [0.15, 0.2) is 11.4 Å². The predicted molar refractivity (Wildman–Crippen MR) is 111 cm³/mol. The van der Waals surface area contributed by atoms with Crippen LogP contribution in [0.4, 0.5) is 5.69 Å². The molecule has 2 aliphatic heterocycles. The second kappa shape index (κ2) is 8.12. The van der Waals surface area contributed by atoms with Crippen molar-refractivity contribution < 1.29 is 24.4 Å². The Morgan fingerprint density at radius 1 is 1.07 bits per heavy atom. The van der Waals surface area contributed by atoms with E-state index in [-0.39, 0.29) is 24.3 Å². The highest BCUT2D eigenvalue weighted by Gasteiger charge is 2.41. The number of nitrogens with two attached hydrogens (primary N) is 1. The predicted octanol–water partition coefficient (Wildman–Crippen LogP) is 1.43. The molecule has 3 amide bonds. The van der Waals surface area contributed by atoms with Crippen LogP contribution in [0, 0.1) is 0 Å². The minimum atomic E-state index is -0.327. The highest BCUT2D eigenvalue weighted by Crippen LogP contribution is 2.30. The monoisotopic (exact) mass is 406 g/mol. The summed E-state index contributed by atoms with van der Waals surface area (Å²) in [5.41, 5.74) is 3.64. The number of hydrogen-bond acceptors (Lipinski definition) is 5. The number of methoxy groups -OCH3 is 1. The van der Waals surface area contributed by atoms with Gasteiger partial charge in [-0.25, -0.2) is 10.1 Å². The van der Waals surface area contributed by atoms with Crippen molar-refractivity contribution >= 4 is 23.4 Å². The second-order valence-electron chi connectivity index (χ2n) is 7.45. The lowest BCUT2D eigenvalue weighted by molar-refractivity contribution is -0.484. The van der Waals surface area contributed by atoms with Crippen LogP contribution < -0.4 is 10.1 Å². The lowest BCUT2D eigenvalue weighted by atomic mass is 10.0. The maximum Gasteiger partial charge on any atom is 0.334 e. The topological polar surface area (TPSA) is 83.5 Å². The highest BCUT2D eigenvalue weighted by molar-refractivity contribution is 6.19. The number of likely N-dealkylation sites (N-methyl/N-ethyl adjacent to an activating group) is 1. The van der Waals surface area contributed by atoms with Gasteiger partial charge in [0.05, 0.1) is 7.11 Å². The minimum Gasteiger partial charge on any atom is -0.491 e. The number of nitrogens with zero attached hydrogens (tertiary/aromatic N) is 2. The van der Waals surface area contributed by atoms with Gasteiger partial charge in [-0.05, 0) is 36.1 Å². The number of quaternary nitrogens is 1. The minimum absolute atomic E-state index is 0.0509. The first kappa shape index (κ1) is 19.8. The molecule has 2 aromatic rings. The van der Waals surface area contributed by atoms with Gasteiger partial charge in [0, 0.05) is 25.2 Å². The summed E-state index contributed by atoms with van der Waals surface area (Å²) in [6.45, 7) is 0.630. The lowest BCUT2D eigenvalue weighted by Gasteiger charge is -2.27. The van der Waals surface area contributed by atoms with E-state index in [9.17, 15) is 14.4 Å². The summed E-state index contributed by atoms with van der Waals surface area (Å²) < 4.78 is 5.50. The number of imide groups is 1. The average molecular weight is 406 g/mol. The summed E-state index contributed by atoms with van der Waals surface area (Å²) in [5.74, 6) is -0.124. The molecule has 0 radical (unpaired) electrons. The summed E-state index contributed by atoms with van der Waals surface area (Å²) >= 11 is 0. The van der Waals surface area contributed by atoms with Crippen LogP contribution in [0.1, 0.15) is 12.8 Å². The van der Waals surface area contributed by atoms with Gasteiger partial charge in [-0.1, -0.05) is 30.3 Å². The average Bonchev–Trinajstić information content (AvgIpc) is 2.99. The molecule has 7 nitrogen and oxygen atoms in total. The van der Waals surface area contributed by atoms with Crippen molar-refractivity contribution in [3.8, 4) is 16.9 Å². The summed E-state index contributed by atoms with van der Waals surface area (Å²) in [6.07, 6.45) is 1.32.